The number of aromatic nitrogens is 1. The van der Waals surface area contributed by atoms with Gasteiger partial charge in [-0.2, -0.15) is 12.7 Å². The van der Waals surface area contributed by atoms with Gasteiger partial charge in [-0.3, -0.25) is 0 Å². The maximum Gasteiger partial charge on any atom is 0.339 e. The molecular weight excluding hydrogens is 440 g/mol. The summed E-state index contributed by atoms with van der Waals surface area (Å²) in [5, 5.41) is 0. The minimum Gasteiger partial charge on any atom is -0.439 e. The van der Waals surface area contributed by atoms with Gasteiger partial charge in [0, 0.05) is 25.4 Å². The maximum absolute atomic E-state index is 12.6. The fourth-order valence-corrected chi connectivity index (χ4v) is 5.57. The highest BCUT2D eigenvalue weighted by Crippen LogP contribution is 2.26. The summed E-state index contributed by atoms with van der Waals surface area (Å²) in [5.41, 5.74) is 0. The summed E-state index contributed by atoms with van der Waals surface area (Å²) >= 11 is 0. The van der Waals surface area contributed by atoms with Crippen molar-refractivity contribution in [2.24, 2.45) is 0 Å². The SMILES string of the molecule is O=S(=O)(Oc1ccc(Oc2ccccn2)cc1)c1ccc(S(=O)(=O)N2CCCC2)cc1. The molecule has 0 saturated carbocycles. The first-order valence-electron chi connectivity index (χ1n) is 9.58. The van der Waals surface area contributed by atoms with Gasteiger partial charge in [0.1, 0.15) is 16.4 Å². The van der Waals surface area contributed by atoms with E-state index in [1.807, 2.05) is 0 Å². The van der Waals surface area contributed by atoms with E-state index in [0.29, 0.717) is 24.7 Å². The van der Waals surface area contributed by atoms with E-state index in [1.165, 1.54) is 40.7 Å². The van der Waals surface area contributed by atoms with Gasteiger partial charge in [0.2, 0.25) is 15.9 Å². The lowest BCUT2D eigenvalue weighted by atomic mass is 10.3. The molecule has 0 amide bonds. The lowest BCUT2D eigenvalue weighted by molar-refractivity contribution is 0.459. The van der Waals surface area contributed by atoms with Crippen LogP contribution in [0.3, 0.4) is 0 Å². The smallest absolute Gasteiger partial charge is 0.339 e. The fourth-order valence-electron chi connectivity index (χ4n) is 3.12. The Morgan fingerprint density at radius 3 is 1.97 bits per heavy atom. The van der Waals surface area contributed by atoms with Gasteiger partial charge in [-0.15, -0.1) is 0 Å². The number of nitrogens with zero attached hydrogens (tertiary/aromatic N) is 2. The van der Waals surface area contributed by atoms with Crippen molar-refractivity contribution in [1.29, 1.82) is 0 Å². The highest BCUT2D eigenvalue weighted by molar-refractivity contribution is 7.89. The van der Waals surface area contributed by atoms with Gasteiger partial charge in [0.15, 0.2) is 0 Å². The first-order chi connectivity index (χ1) is 14.8. The quantitative estimate of drug-likeness (QED) is 0.498. The number of pyridine rings is 1. The second-order valence-electron chi connectivity index (χ2n) is 6.86. The zero-order valence-electron chi connectivity index (χ0n) is 16.4. The van der Waals surface area contributed by atoms with Crippen LogP contribution >= 0.6 is 0 Å². The van der Waals surface area contributed by atoms with Crippen LogP contribution in [0, 0.1) is 0 Å². The number of rotatable bonds is 7. The first-order valence-corrected chi connectivity index (χ1v) is 12.4. The molecule has 0 aliphatic carbocycles. The molecule has 0 radical (unpaired) electrons. The van der Waals surface area contributed by atoms with Crippen molar-refractivity contribution >= 4 is 20.1 Å². The molecule has 1 fully saturated rings. The molecule has 2 aromatic carbocycles. The van der Waals surface area contributed by atoms with E-state index < -0.39 is 20.1 Å². The number of hydrogen-bond donors (Lipinski definition) is 0. The molecule has 1 saturated heterocycles. The van der Waals surface area contributed by atoms with Crippen molar-refractivity contribution in [3.63, 3.8) is 0 Å². The van der Waals surface area contributed by atoms with Gasteiger partial charge < -0.3 is 8.92 Å². The van der Waals surface area contributed by atoms with Crippen LogP contribution in [0.5, 0.6) is 17.4 Å². The molecule has 2 heterocycles. The zero-order valence-corrected chi connectivity index (χ0v) is 18.1. The number of benzene rings is 2. The van der Waals surface area contributed by atoms with E-state index in [0.717, 1.165) is 12.8 Å². The van der Waals surface area contributed by atoms with Gasteiger partial charge in [-0.25, -0.2) is 13.4 Å². The highest BCUT2D eigenvalue weighted by atomic mass is 32.2. The Kier molecular flexibility index (Phi) is 5.94. The van der Waals surface area contributed by atoms with Crippen molar-refractivity contribution in [3.05, 3.63) is 72.9 Å². The van der Waals surface area contributed by atoms with Crippen LogP contribution in [-0.4, -0.2) is 39.2 Å². The summed E-state index contributed by atoms with van der Waals surface area (Å²) in [6.07, 6.45) is 3.25. The van der Waals surface area contributed by atoms with Gasteiger partial charge in [0.05, 0.1) is 4.90 Å². The van der Waals surface area contributed by atoms with Crippen molar-refractivity contribution < 1.29 is 25.8 Å². The van der Waals surface area contributed by atoms with Crippen molar-refractivity contribution in [2.45, 2.75) is 22.6 Å². The minimum absolute atomic E-state index is 0.0596. The number of sulfonamides is 1. The van der Waals surface area contributed by atoms with E-state index >= 15 is 0 Å². The summed E-state index contributed by atoms with van der Waals surface area (Å²) < 4.78 is 62.4. The molecule has 0 atom stereocenters. The molecule has 0 bridgehead atoms. The second kappa shape index (κ2) is 8.66. The number of ether oxygens (including phenoxy) is 1. The maximum atomic E-state index is 12.6. The summed E-state index contributed by atoms with van der Waals surface area (Å²) in [5.74, 6) is 0.981. The molecule has 4 rings (SSSR count). The molecule has 31 heavy (non-hydrogen) atoms. The van der Waals surface area contributed by atoms with Crippen molar-refractivity contribution in [2.75, 3.05) is 13.1 Å². The minimum atomic E-state index is -4.13. The van der Waals surface area contributed by atoms with Gasteiger partial charge in [-0.05, 0) is 67.4 Å². The predicted octanol–water partition coefficient (Wildman–Crippen LogP) is 3.43. The Bertz CT molecular complexity index is 1240. The van der Waals surface area contributed by atoms with Crippen LogP contribution < -0.4 is 8.92 Å². The molecular formula is C21H20N2O6S2. The van der Waals surface area contributed by atoms with E-state index in [9.17, 15) is 16.8 Å². The highest BCUT2D eigenvalue weighted by Gasteiger charge is 2.27. The fraction of sp³-hybridized carbons (Fsp3) is 0.190. The van der Waals surface area contributed by atoms with Crippen LogP contribution in [0.1, 0.15) is 12.8 Å². The molecule has 1 aromatic heterocycles. The molecule has 1 aliphatic rings. The Morgan fingerprint density at radius 2 is 1.35 bits per heavy atom. The first kappa shape index (κ1) is 21.3. The molecule has 3 aromatic rings. The molecule has 162 valence electrons. The van der Waals surface area contributed by atoms with E-state index in [2.05, 4.69) is 4.98 Å². The van der Waals surface area contributed by atoms with Crippen molar-refractivity contribution in [3.8, 4) is 17.4 Å². The third-order valence-electron chi connectivity index (χ3n) is 4.71. The normalized spacial score (nSPS) is 15.0. The molecule has 0 spiro atoms. The molecule has 8 nitrogen and oxygen atoms in total. The van der Waals surface area contributed by atoms with Gasteiger partial charge >= 0.3 is 10.1 Å². The third kappa shape index (κ3) is 4.87. The zero-order chi connectivity index (χ0) is 21.9. The lowest BCUT2D eigenvalue weighted by Crippen LogP contribution is -2.27. The van der Waals surface area contributed by atoms with E-state index in [4.69, 9.17) is 8.92 Å². The largest absolute Gasteiger partial charge is 0.439 e. The summed E-state index contributed by atoms with van der Waals surface area (Å²) in [4.78, 5) is 3.97. The molecule has 10 heteroatoms. The summed E-state index contributed by atoms with van der Waals surface area (Å²) in [6.45, 7) is 0.955. The van der Waals surface area contributed by atoms with E-state index in [-0.39, 0.29) is 15.5 Å². The average Bonchev–Trinajstić information content (AvgIpc) is 3.32. The monoisotopic (exact) mass is 460 g/mol. The topological polar surface area (TPSA) is 103 Å². The molecule has 1 aliphatic heterocycles. The summed E-state index contributed by atoms with van der Waals surface area (Å²) in [6, 6.07) is 16.3. The van der Waals surface area contributed by atoms with Gasteiger partial charge in [0.25, 0.3) is 0 Å². The second-order valence-corrected chi connectivity index (χ2v) is 10.3. The molecule has 0 N–H and O–H groups in total. The van der Waals surface area contributed by atoms with Crippen LogP contribution in [0.2, 0.25) is 0 Å². The van der Waals surface area contributed by atoms with Gasteiger partial charge in [-0.1, -0.05) is 6.07 Å². The Labute approximate surface area is 181 Å². The Balaban J connectivity index is 1.46. The Hall–Kier alpha value is -2.95. The standard InChI is InChI=1S/C21H20N2O6S2/c24-30(25,23-15-3-4-16-23)19-10-12-20(13-11-19)31(26,27)29-18-8-6-17(7-9-18)28-21-5-1-2-14-22-21/h1-2,5-14H,3-4,15-16H2. The predicted molar refractivity (Wildman–Crippen MR) is 113 cm³/mol. The third-order valence-corrected chi connectivity index (χ3v) is 7.88. The Morgan fingerprint density at radius 1 is 0.742 bits per heavy atom. The summed E-state index contributed by atoms with van der Waals surface area (Å²) in [7, 11) is -7.74. The number of hydrogen-bond acceptors (Lipinski definition) is 7. The van der Waals surface area contributed by atoms with Crippen LogP contribution in [0.25, 0.3) is 0 Å². The van der Waals surface area contributed by atoms with Crippen molar-refractivity contribution in [1.82, 2.24) is 9.29 Å². The van der Waals surface area contributed by atoms with Crippen LogP contribution in [0.15, 0.2) is 82.7 Å². The van der Waals surface area contributed by atoms with Crippen LogP contribution in [-0.2, 0) is 20.1 Å². The molecule has 0 unspecified atom stereocenters. The van der Waals surface area contributed by atoms with E-state index in [1.54, 1.807) is 36.5 Å². The van der Waals surface area contributed by atoms with Crippen LogP contribution in [0.4, 0.5) is 0 Å². The average molecular weight is 461 g/mol. The lowest BCUT2D eigenvalue weighted by Gasteiger charge is -2.15.